The average Bonchev–Trinajstić information content (AvgIpc) is 2.83. The van der Waals surface area contributed by atoms with E-state index >= 15 is 0 Å². The predicted octanol–water partition coefficient (Wildman–Crippen LogP) is 3.54. The Hall–Kier alpha value is -3.24. The van der Waals surface area contributed by atoms with E-state index in [0.717, 1.165) is 36.4 Å². The summed E-state index contributed by atoms with van der Waals surface area (Å²) in [6.07, 6.45) is 8.78. The number of hydrazine groups is 1. The molecule has 2 aliphatic rings. The van der Waals surface area contributed by atoms with Crippen molar-refractivity contribution < 1.29 is 19.4 Å². The lowest BCUT2D eigenvalue weighted by Crippen LogP contribution is -2.31. The third-order valence-electron chi connectivity index (χ3n) is 6.97. The van der Waals surface area contributed by atoms with Crippen LogP contribution in [0, 0.1) is 12.8 Å². The van der Waals surface area contributed by atoms with Crippen LogP contribution in [-0.2, 0) is 9.53 Å². The molecule has 1 saturated heterocycles. The van der Waals surface area contributed by atoms with Gasteiger partial charge in [0, 0.05) is 37.0 Å². The van der Waals surface area contributed by atoms with Gasteiger partial charge in [-0.3, -0.25) is 9.78 Å². The third kappa shape index (κ3) is 6.92. The molecule has 196 valence electrons. The van der Waals surface area contributed by atoms with Gasteiger partial charge in [-0.15, -0.1) is 0 Å². The van der Waals surface area contributed by atoms with Crippen molar-refractivity contribution in [3.8, 4) is 6.01 Å². The van der Waals surface area contributed by atoms with Gasteiger partial charge < -0.3 is 25.3 Å². The second-order valence-corrected chi connectivity index (χ2v) is 9.29. The fourth-order valence-corrected chi connectivity index (χ4v) is 4.52. The van der Waals surface area contributed by atoms with E-state index < -0.39 is 0 Å². The number of carboxylic acid groups (broad SMARTS) is 1. The summed E-state index contributed by atoms with van der Waals surface area (Å²) in [6, 6.07) is 6.32. The summed E-state index contributed by atoms with van der Waals surface area (Å²) in [4.78, 5) is 22.0. The molecule has 2 aromatic rings. The van der Waals surface area contributed by atoms with E-state index in [1.165, 1.54) is 30.7 Å². The molecule has 1 aliphatic heterocycles. The summed E-state index contributed by atoms with van der Waals surface area (Å²) < 4.78 is 11.9. The Kier molecular flexibility index (Phi) is 10.0. The van der Waals surface area contributed by atoms with E-state index in [1.807, 2.05) is 19.1 Å². The van der Waals surface area contributed by atoms with E-state index in [1.54, 1.807) is 13.2 Å². The lowest BCUT2D eigenvalue weighted by Gasteiger charge is -2.30. The second kappa shape index (κ2) is 13.2. The number of rotatable bonds is 8. The van der Waals surface area contributed by atoms with Crippen molar-refractivity contribution in [2.45, 2.75) is 64.4 Å². The van der Waals surface area contributed by atoms with Crippen LogP contribution in [0.15, 0.2) is 30.1 Å². The van der Waals surface area contributed by atoms with E-state index in [4.69, 9.17) is 35.9 Å². The number of carbonyl (C=O) groups is 1. The van der Waals surface area contributed by atoms with Gasteiger partial charge in [-0.2, -0.15) is 4.98 Å². The quantitative estimate of drug-likeness (QED) is 0.280. The van der Waals surface area contributed by atoms with Crippen molar-refractivity contribution in [1.29, 1.82) is 0 Å². The predicted molar refractivity (Wildman–Crippen MR) is 137 cm³/mol. The Morgan fingerprint density at radius 1 is 1.28 bits per heavy atom. The van der Waals surface area contributed by atoms with Gasteiger partial charge in [0.15, 0.2) is 0 Å². The van der Waals surface area contributed by atoms with Gasteiger partial charge in [-0.25, -0.2) is 10.8 Å². The first kappa shape index (κ1) is 27.3. The molecule has 3 heterocycles. The SMILES string of the molecule is CCC1CCOC(c2ccc(/C(N)=C(\COc3nccc(C4CCC4)n3)N(C)N)nc2C)C1.O=CO. The smallest absolute Gasteiger partial charge is 0.316 e. The van der Waals surface area contributed by atoms with Crippen molar-refractivity contribution in [2.24, 2.45) is 17.5 Å². The molecular formula is C26H38N6O4. The molecule has 10 nitrogen and oxygen atoms in total. The van der Waals surface area contributed by atoms with Crippen LogP contribution in [0.1, 0.15) is 80.1 Å². The van der Waals surface area contributed by atoms with Gasteiger partial charge in [-0.1, -0.05) is 25.8 Å². The number of nitrogens with zero attached hydrogens (tertiary/aromatic N) is 4. The number of hydrogen-bond acceptors (Lipinski definition) is 9. The molecule has 2 atom stereocenters. The molecule has 0 aromatic carbocycles. The van der Waals surface area contributed by atoms with Crippen LogP contribution in [0.4, 0.5) is 0 Å². The van der Waals surface area contributed by atoms with Gasteiger partial charge in [0.05, 0.1) is 28.9 Å². The summed E-state index contributed by atoms with van der Waals surface area (Å²) in [6.45, 7) is 4.96. The monoisotopic (exact) mass is 498 g/mol. The lowest BCUT2D eigenvalue weighted by atomic mass is 9.83. The average molecular weight is 499 g/mol. The molecular weight excluding hydrogens is 460 g/mol. The Morgan fingerprint density at radius 3 is 2.64 bits per heavy atom. The van der Waals surface area contributed by atoms with Gasteiger partial charge in [0.25, 0.3) is 6.47 Å². The topological polar surface area (TPSA) is 150 Å². The zero-order valence-electron chi connectivity index (χ0n) is 21.4. The summed E-state index contributed by atoms with van der Waals surface area (Å²) in [5.74, 6) is 7.30. The molecule has 2 fully saturated rings. The molecule has 36 heavy (non-hydrogen) atoms. The summed E-state index contributed by atoms with van der Waals surface area (Å²) in [5, 5.41) is 8.35. The van der Waals surface area contributed by atoms with Crippen LogP contribution in [-0.4, -0.2) is 51.8 Å². The molecule has 0 spiro atoms. The lowest BCUT2D eigenvalue weighted by molar-refractivity contribution is -0.122. The number of nitrogens with two attached hydrogens (primary N) is 2. The minimum atomic E-state index is -0.250. The minimum absolute atomic E-state index is 0.0931. The molecule has 1 saturated carbocycles. The molecule has 2 aromatic heterocycles. The molecule has 0 amide bonds. The maximum atomic E-state index is 8.36. The molecule has 2 unspecified atom stereocenters. The highest BCUT2D eigenvalue weighted by atomic mass is 16.5. The Labute approximate surface area is 212 Å². The first-order valence-corrected chi connectivity index (χ1v) is 12.5. The highest BCUT2D eigenvalue weighted by Crippen LogP contribution is 2.36. The molecule has 10 heteroatoms. The summed E-state index contributed by atoms with van der Waals surface area (Å²) in [5.41, 5.74) is 11.3. The first-order chi connectivity index (χ1) is 17.4. The number of likely N-dealkylation sites (N-methyl/N-ethyl adjacent to an activating group) is 1. The number of pyridine rings is 1. The Bertz CT molecular complexity index is 1040. The van der Waals surface area contributed by atoms with E-state index in [-0.39, 0.29) is 19.2 Å². The Morgan fingerprint density at radius 2 is 2.03 bits per heavy atom. The van der Waals surface area contributed by atoms with E-state index in [9.17, 15) is 0 Å². The zero-order valence-corrected chi connectivity index (χ0v) is 21.4. The normalized spacial score (nSPS) is 20.3. The number of aromatic nitrogens is 3. The van der Waals surface area contributed by atoms with Gasteiger partial charge in [0.2, 0.25) is 0 Å². The molecule has 5 N–H and O–H groups in total. The summed E-state index contributed by atoms with van der Waals surface area (Å²) in [7, 11) is 1.74. The maximum absolute atomic E-state index is 8.36. The fraction of sp³-hybridized carbons (Fsp3) is 0.538. The minimum Gasteiger partial charge on any atom is -0.483 e. The summed E-state index contributed by atoms with van der Waals surface area (Å²) >= 11 is 0. The Balaban J connectivity index is 0.00000115. The second-order valence-electron chi connectivity index (χ2n) is 9.29. The largest absolute Gasteiger partial charge is 0.483 e. The van der Waals surface area contributed by atoms with Crippen molar-refractivity contribution in [1.82, 2.24) is 20.0 Å². The van der Waals surface area contributed by atoms with Crippen LogP contribution in [0.25, 0.3) is 5.70 Å². The van der Waals surface area contributed by atoms with Crippen molar-refractivity contribution in [2.75, 3.05) is 20.3 Å². The molecule has 0 radical (unpaired) electrons. The van der Waals surface area contributed by atoms with Gasteiger partial charge in [0.1, 0.15) is 6.61 Å². The van der Waals surface area contributed by atoms with Crippen LogP contribution in [0.5, 0.6) is 6.01 Å². The van der Waals surface area contributed by atoms with Gasteiger partial charge >= 0.3 is 6.01 Å². The van der Waals surface area contributed by atoms with Crippen LogP contribution >= 0.6 is 0 Å². The van der Waals surface area contributed by atoms with Crippen LogP contribution < -0.4 is 16.3 Å². The van der Waals surface area contributed by atoms with E-state index in [2.05, 4.69) is 23.0 Å². The van der Waals surface area contributed by atoms with Crippen LogP contribution in [0.2, 0.25) is 0 Å². The van der Waals surface area contributed by atoms with Crippen LogP contribution in [0.3, 0.4) is 0 Å². The number of hydrogen-bond donors (Lipinski definition) is 3. The number of ether oxygens (including phenoxy) is 2. The van der Waals surface area contributed by atoms with Crippen molar-refractivity contribution in [3.05, 3.63) is 52.7 Å². The molecule has 1 aliphatic carbocycles. The zero-order chi connectivity index (χ0) is 26.1. The fourth-order valence-electron chi connectivity index (χ4n) is 4.52. The van der Waals surface area contributed by atoms with Crippen molar-refractivity contribution in [3.63, 3.8) is 0 Å². The van der Waals surface area contributed by atoms with Gasteiger partial charge in [-0.05, 0) is 50.7 Å². The molecule has 0 bridgehead atoms. The third-order valence-corrected chi connectivity index (χ3v) is 6.97. The standard InChI is InChI=1S/C25H36N6O2.CH2O2/c1-4-17-11-13-32-23(14-17)19-8-9-21(29-16(19)2)24(26)22(31(3)27)15-33-25-28-12-10-20(30-25)18-6-5-7-18;2-1-3/h8-10,12,17-18,23H,4-7,11,13-15,26-27H2,1-3H3;1H,(H,2,3)/b24-22-;. The molecule has 4 rings (SSSR count). The van der Waals surface area contributed by atoms with Crippen molar-refractivity contribution >= 4 is 12.2 Å². The highest BCUT2D eigenvalue weighted by molar-refractivity contribution is 5.63. The number of aryl methyl sites for hydroxylation is 1. The van der Waals surface area contributed by atoms with E-state index in [0.29, 0.717) is 34.9 Å². The first-order valence-electron chi connectivity index (χ1n) is 12.5. The highest BCUT2D eigenvalue weighted by Gasteiger charge is 2.25. The maximum Gasteiger partial charge on any atom is 0.316 e.